The molecule has 2 N–H and O–H groups in total. The van der Waals surface area contributed by atoms with E-state index < -0.39 is 0 Å². The molecule has 1 aromatic heterocycles. The molecule has 108 valence electrons. The number of ether oxygens (including phenoxy) is 1. The number of anilines is 2. The summed E-state index contributed by atoms with van der Waals surface area (Å²) in [5, 5.41) is 12.3. The van der Waals surface area contributed by atoms with Gasteiger partial charge in [0, 0.05) is 33.3 Å². The Morgan fingerprint density at radius 2 is 2.21 bits per heavy atom. The molecule has 0 aromatic carbocycles. The summed E-state index contributed by atoms with van der Waals surface area (Å²) < 4.78 is 5.34. The van der Waals surface area contributed by atoms with E-state index in [1.807, 2.05) is 32.0 Å². The lowest BCUT2D eigenvalue weighted by Crippen LogP contribution is -2.23. The smallest absolute Gasteiger partial charge is 0.158 e. The predicted molar refractivity (Wildman–Crippen MR) is 76.5 cm³/mol. The summed E-state index contributed by atoms with van der Waals surface area (Å²) in [6.07, 6.45) is 0.395. The van der Waals surface area contributed by atoms with Crippen LogP contribution in [0.4, 0.5) is 11.6 Å². The van der Waals surface area contributed by atoms with Gasteiger partial charge in [-0.3, -0.25) is 0 Å². The van der Waals surface area contributed by atoms with Gasteiger partial charge in [-0.05, 0) is 20.3 Å². The summed E-state index contributed by atoms with van der Waals surface area (Å²) in [5.41, 5.74) is 0. The van der Waals surface area contributed by atoms with Gasteiger partial charge < -0.3 is 20.1 Å². The second-order valence-electron chi connectivity index (χ2n) is 4.47. The molecule has 0 saturated heterocycles. The molecular formula is C13H24N4O2. The Morgan fingerprint density at radius 1 is 1.47 bits per heavy atom. The van der Waals surface area contributed by atoms with E-state index in [-0.39, 0.29) is 6.10 Å². The molecular weight excluding hydrogens is 244 g/mol. The third kappa shape index (κ3) is 5.40. The van der Waals surface area contributed by atoms with Crippen molar-refractivity contribution >= 4 is 11.6 Å². The molecule has 0 radical (unpaired) electrons. The molecule has 0 fully saturated rings. The quantitative estimate of drug-likeness (QED) is 0.739. The van der Waals surface area contributed by atoms with Crippen LogP contribution in [-0.2, 0) is 11.3 Å². The number of nitrogens with zero attached hydrogens (tertiary/aromatic N) is 3. The first-order chi connectivity index (χ1) is 9.06. The summed E-state index contributed by atoms with van der Waals surface area (Å²) in [6, 6.07) is 1.89. The van der Waals surface area contributed by atoms with Crippen LogP contribution in [-0.4, -0.2) is 48.4 Å². The molecule has 0 amide bonds. The van der Waals surface area contributed by atoms with Crippen molar-refractivity contribution in [2.75, 3.05) is 37.5 Å². The third-order valence-electron chi connectivity index (χ3n) is 2.72. The van der Waals surface area contributed by atoms with Crippen molar-refractivity contribution in [3.05, 3.63) is 11.9 Å². The maximum absolute atomic E-state index is 9.33. The molecule has 6 heteroatoms. The van der Waals surface area contributed by atoms with Crippen molar-refractivity contribution in [3.63, 3.8) is 0 Å². The van der Waals surface area contributed by atoms with Crippen molar-refractivity contribution in [3.8, 4) is 0 Å². The highest BCUT2D eigenvalue weighted by Gasteiger charge is 2.09. The van der Waals surface area contributed by atoms with E-state index >= 15 is 0 Å². The summed E-state index contributed by atoms with van der Waals surface area (Å²) >= 11 is 0. The van der Waals surface area contributed by atoms with Crippen LogP contribution < -0.4 is 10.2 Å². The number of nitrogens with one attached hydrogen (secondary N) is 1. The predicted octanol–water partition coefficient (Wildman–Crippen LogP) is 1.26. The largest absolute Gasteiger partial charge is 0.393 e. The van der Waals surface area contributed by atoms with Gasteiger partial charge >= 0.3 is 0 Å². The van der Waals surface area contributed by atoms with Crippen LogP contribution >= 0.6 is 0 Å². The standard InChI is InChI=1S/C13H24N4O2/c1-5-19-9-12-15-11(14-3)8-13(16-12)17(4)7-6-10(2)18/h8,10,18H,5-7,9H2,1-4H3,(H,14,15,16). The molecule has 0 aliphatic rings. The maximum atomic E-state index is 9.33. The van der Waals surface area contributed by atoms with Gasteiger partial charge in [-0.2, -0.15) is 0 Å². The lowest BCUT2D eigenvalue weighted by Gasteiger charge is -2.20. The number of rotatable bonds is 8. The molecule has 0 bridgehead atoms. The van der Waals surface area contributed by atoms with E-state index in [0.717, 1.165) is 18.2 Å². The zero-order valence-electron chi connectivity index (χ0n) is 12.2. The molecule has 1 aromatic rings. The van der Waals surface area contributed by atoms with Crippen LogP contribution in [0.1, 0.15) is 26.1 Å². The first kappa shape index (κ1) is 15.7. The second-order valence-corrected chi connectivity index (χ2v) is 4.47. The fraction of sp³-hybridized carbons (Fsp3) is 0.692. The lowest BCUT2D eigenvalue weighted by molar-refractivity contribution is 0.128. The SMILES string of the molecule is CCOCc1nc(NC)cc(N(C)CCC(C)O)n1. The number of hydrogen-bond donors (Lipinski definition) is 2. The second kappa shape index (κ2) is 7.91. The zero-order valence-corrected chi connectivity index (χ0v) is 12.2. The van der Waals surface area contributed by atoms with Gasteiger partial charge in [-0.1, -0.05) is 0 Å². The van der Waals surface area contributed by atoms with Crippen LogP contribution in [0.3, 0.4) is 0 Å². The highest BCUT2D eigenvalue weighted by Crippen LogP contribution is 2.15. The summed E-state index contributed by atoms with van der Waals surface area (Å²) in [5.74, 6) is 2.26. The average Bonchev–Trinajstić information content (AvgIpc) is 2.41. The van der Waals surface area contributed by atoms with E-state index in [4.69, 9.17) is 4.74 Å². The average molecular weight is 268 g/mol. The molecule has 6 nitrogen and oxygen atoms in total. The van der Waals surface area contributed by atoms with Gasteiger partial charge in [0.2, 0.25) is 0 Å². The molecule has 0 aliphatic heterocycles. The monoisotopic (exact) mass is 268 g/mol. The number of hydrogen-bond acceptors (Lipinski definition) is 6. The molecule has 0 spiro atoms. The maximum Gasteiger partial charge on any atom is 0.158 e. The van der Waals surface area contributed by atoms with E-state index in [9.17, 15) is 5.11 Å². The summed E-state index contributed by atoms with van der Waals surface area (Å²) in [4.78, 5) is 10.8. The van der Waals surface area contributed by atoms with Crippen LogP contribution in [0.5, 0.6) is 0 Å². The van der Waals surface area contributed by atoms with Crippen LogP contribution in [0.15, 0.2) is 6.07 Å². The van der Waals surface area contributed by atoms with E-state index in [1.54, 1.807) is 6.92 Å². The van der Waals surface area contributed by atoms with E-state index in [2.05, 4.69) is 15.3 Å². The summed E-state index contributed by atoms with van der Waals surface area (Å²) in [7, 11) is 3.78. The van der Waals surface area contributed by atoms with Crippen molar-refractivity contribution in [1.82, 2.24) is 9.97 Å². The Morgan fingerprint density at radius 3 is 2.79 bits per heavy atom. The Labute approximate surface area is 114 Å². The molecule has 1 heterocycles. The highest BCUT2D eigenvalue weighted by molar-refractivity contribution is 5.48. The Bertz CT molecular complexity index is 385. The van der Waals surface area contributed by atoms with Gasteiger partial charge in [0.05, 0.1) is 6.10 Å². The molecule has 1 rings (SSSR count). The number of aromatic nitrogens is 2. The van der Waals surface area contributed by atoms with Crippen LogP contribution in [0, 0.1) is 0 Å². The minimum atomic E-state index is -0.309. The first-order valence-corrected chi connectivity index (χ1v) is 6.59. The number of aliphatic hydroxyl groups is 1. The Balaban J connectivity index is 2.79. The lowest BCUT2D eigenvalue weighted by atomic mass is 10.3. The van der Waals surface area contributed by atoms with Crippen molar-refractivity contribution < 1.29 is 9.84 Å². The van der Waals surface area contributed by atoms with Crippen LogP contribution in [0.25, 0.3) is 0 Å². The fourth-order valence-corrected chi connectivity index (χ4v) is 1.56. The zero-order chi connectivity index (χ0) is 14.3. The molecule has 19 heavy (non-hydrogen) atoms. The van der Waals surface area contributed by atoms with Crippen molar-refractivity contribution in [1.29, 1.82) is 0 Å². The Kier molecular flexibility index (Phi) is 6.52. The molecule has 1 unspecified atom stereocenters. The molecule has 1 atom stereocenters. The van der Waals surface area contributed by atoms with Gasteiger partial charge in [-0.15, -0.1) is 0 Å². The van der Waals surface area contributed by atoms with Gasteiger partial charge in [0.15, 0.2) is 5.82 Å². The molecule has 0 aliphatic carbocycles. The van der Waals surface area contributed by atoms with Gasteiger partial charge in [0.25, 0.3) is 0 Å². The minimum absolute atomic E-state index is 0.309. The topological polar surface area (TPSA) is 70.5 Å². The molecule has 0 saturated carbocycles. The van der Waals surface area contributed by atoms with Gasteiger partial charge in [0.1, 0.15) is 18.2 Å². The van der Waals surface area contributed by atoms with E-state index in [0.29, 0.717) is 25.5 Å². The van der Waals surface area contributed by atoms with E-state index in [1.165, 1.54) is 0 Å². The normalized spacial score (nSPS) is 12.3. The minimum Gasteiger partial charge on any atom is -0.393 e. The Hall–Kier alpha value is -1.40. The highest BCUT2D eigenvalue weighted by atomic mass is 16.5. The summed E-state index contributed by atoms with van der Waals surface area (Å²) in [6.45, 7) is 5.51. The third-order valence-corrected chi connectivity index (χ3v) is 2.72. The van der Waals surface area contributed by atoms with Crippen LogP contribution in [0.2, 0.25) is 0 Å². The van der Waals surface area contributed by atoms with Crippen molar-refractivity contribution in [2.45, 2.75) is 33.0 Å². The number of aliphatic hydroxyl groups excluding tert-OH is 1. The van der Waals surface area contributed by atoms with Gasteiger partial charge in [-0.25, -0.2) is 9.97 Å². The first-order valence-electron chi connectivity index (χ1n) is 6.59. The van der Waals surface area contributed by atoms with Crippen molar-refractivity contribution in [2.24, 2.45) is 0 Å². The fourth-order valence-electron chi connectivity index (χ4n) is 1.56.